The Kier molecular flexibility index (Phi) is 4.52. The monoisotopic (exact) mass is 310 g/mol. The van der Waals surface area contributed by atoms with Gasteiger partial charge in [0.15, 0.2) is 0 Å². The SMILES string of the molecule is Cc1c(C(F)(F)F)cccc1S(=O)(=O)NCC(C)(C)N. The van der Waals surface area contributed by atoms with Gasteiger partial charge in [-0.3, -0.25) is 0 Å². The second kappa shape index (κ2) is 5.34. The highest BCUT2D eigenvalue weighted by molar-refractivity contribution is 7.89. The van der Waals surface area contributed by atoms with Gasteiger partial charge in [0, 0.05) is 12.1 Å². The minimum absolute atomic E-state index is 0.0784. The second-order valence-corrected chi connectivity index (χ2v) is 6.97. The Bertz CT molecular complexity index is 590. The molecular weight excluding hydrogens is 293 g/mol. The second-order valence-electron chi connectivity index (χ2n) is 5.24. The van der Waals surface area contributed by atoms with Crippen molar-refractivity contribution in [2.75, 3.05) is 6.54 Å². The lowest BCUT2D eigenvalue weighted by molar-refractivity contribution is -0.138. The van der Waals surface area contributed by atoms with Crippen LogP contribution in [0.2, 0.25) is 0 Å². The molecule has 0 aliphatic heterocycles. The number of hydrogen-bond acceptors (Lipinski definition) is 3. The molecule has 20 heavy (non-hydrogen) atoms. The molecule has 0 spiro atoms. The number of halogens is 3. The van der Waals surface area contributed by atoms with E-state index in [0.717, 1.165) is 25.1 Å². The summed E-state index contributed by atoms with van der Waals surface area (Å²) in [5, 5.41) is 0. The van der Waals surface area contributed by atoms with Gasteiger partial charge in [-0.25, -0.2) is 13.1 Å². The molecule has 3 N–H and O–H groups in total. The van der Waals surface area contributed by atoms with Crippen LogP contribution in [0.15, 0.2) is 23.1 Å². The van der Waals surface area contributed by atoms with Crippen LogP contribution in [0.1, 0.15) is 25.0 Å². The zero-order valence-electron chi connectivity index (χ0n) is 11.4. The van der Waals surface area contributed by atoms with Crippen molar-refractivity contribution >= 4 is 10.0 Å². The highest BCUT2D eigenvalue weighted by Crippen LogP contribution is 2.34. The topological polar surface area (TPSA) is 72.2 Å². The van der Waals surface area contributed by atoms with Crippen LogP contribution in [0, 0.1) is 6.92 Å². The molecule has 0 amide bonds. The highest BCUT2D eigenvalue weighted by Gasteiger charge is 2.34. The smallest absolute Gasteiger partial charge is 0.324 e. The molecule has 0 saturated carbocycles. The Labute approximate surface area is 116 Å². The Morgan fingerprint density at radius 2 is 1.80 bits per heavy atom. The number of nitrogens with one attached hydrogen (secondary N) is 1. The first kappa shape index (κ1) is 16.9. The minimum atomic E-state index is -4.59. The number of rotatable bonds is 4. The van der Waals surface area contributed by atoms with Gasteiger partial charge in [-0.05, 0) is 38.5 Å². The normalized spacial score (nSPS) is 13.6. The lowest BCUT2D eigenvalue weighted by atomic mass is 10.1. The Balaban J connectivity index is 3.21. The van der Waals surface area contributed by atoms with E-state index in [1.54, 1.807) is 13.8 Å². The van der Waals surface area contributed by atoms with Crippen LogP contribution in [0.3, 0.4) is 0 Å². The summed E-state index contributed by atoms with van der Waals surface area (Å²) < 4.78 is 64.6. The van der Waals surface area contributed by atoms with Crippen LogP contribution in [-0.2, 0) is 16.2 Å². The Morgan fingerprint density at radius 3 is 2.25 bits per heavy atom. The third-order valence-corrected chi connectivity index (χ3v) is 4.14. The lowest BCUT2D eigenvalue weighted by Crippen LogP contribution is -2.45. The maximum absolute atomic E-state index is 12.8. The third-order valence-electron chi connectivity index (χ3n) is 2.60. The fraction of sp³-hybridized carbons (Fsp3) is 0.500. The van der Waals surface area contributed by atoms with E-state index in [4.69, 9.17) is 5.73 Å². The number of hydrogen-bond donors (Lipinski definition) is 2. The molecular formula is C12H17F3N2O2S. The summed E-state index contributed by atoms with van der Waals surface area (Å²) in [7, 11) is -4.04. The number of benzene rings is 1. The number of sulfonamides is 1. The van der Waals surface area contributed by atoms with Crippen LogP contribution in [0.4, 0.5) is 13.2 Å². The predicted molar refractivity (Wildman–Crippen MR) is 69.6 cm³/mol. The average molecular weight is 310 g/mol. The van der Waals surface area contributed by atoms with Crippen molar-refractivity contribution in [3.05, 3.63) is 29.3 Å². The molecule has 0 radical (unpaired) electrons. The molecule has 1 aromatic rings. The van der Waals surface area contributed by atoms with Crippen molar-refractivity contribution in [3.8, 4) is 0 Å². The third kappa shape index (κ3) is 4.19. The van der Waals surface area contributed by atoms with Crippen molar-refractivity contribution in [3.63, 3.8) is 0 Å². The fourth-order valence-electron chi connectivity index (χ4n) is 1.57. The Hall–Kier alpha value is -1.12. The molecule has 4 nitrogen and oxygen atoms in total. The summed E-state index contributed by atoms with van der Waals surface area (Å²) in [6.45, 7) is 4.26. The summed E-state index contributed by atoms with van der Waals surface area (Å²) >= 11 is 0. The predicted octanol–water partition coefficient (Wildman–Crippen LogP) is 2.03. The van der Waals surface area contributed by atoms with Crippen LogP contribution < -0.4 is 10.5 Å². The molecule has 0 atom stereocenters. The zero-order valence-corrected chi connectivity index (χ0v) is 12.2. The van der Waals surface area contributed by atoms with Crippen LogP contribution >= 0.6 is 0 Å². The van der Waals surface area contributed by atoms with E-state index in [1.165, 1.54) is 0 Å². The molecule has 1 aromatic carbocycles. The van der Waals surface area contributed by atoms with Gasteiger partial charge in [0.05, 0.1) is 10.5 Å². The first-order valence-corrected chi connectivity index (χ1v) is 7.28. The van der Waals surface area contributed by atoms with E-state index in [0.29, 0.717) is 0 Å². The number of alkyl halides is 3. The summed E-state index contributed by atoms with van der Waals surface area (Å²) in [6, 6.07) is 3.05. The molecule has 0 aliphatic rings. The molecule has 0 bridgehead atoms. The molecule has 0 unspecified atom stereocenters. The summed E-state index contributed by atoms with van der Waals surface area (Å²) in [5.74, 6) is 0. The lowest BCUT2D eigenvalue weighted by Gasteiger charge is -2.20. The van der Waals surface area contributed by atoms with Gasteiger partial charge in [0.1, 0.15) is 0 Å². The van der Waals surface area contributed by atoms with Gasteiger partial charge in [-0.1, -0.05) is 6.07 Å². The Morgan fingerprint density at radius 1 is 1.25 bits per heavy atom. The van der Waals surface area contributed by atoms with Crippen molar-refractivity contribution in [2.45, 2.75) is 37.4 Å². The van der Waals surface area contributed by atoms with E-state index < -0.39 is 32.2 Å². The first-order valence-electron chi connectivity index (χ1n) is 5.80. The van der Waals surface area contributed by atoms with E-state index >= 15 is 0 Å². The quantitative estimate of drug-likeness (QED) is 0.894. The maximum atomic E-state index is 12.8. The minimum Gasteiger partial charge on any atom is -0.324 e. The molecule has 0 aromatic heterocycles. The van der Waals surface area contributed by atoms with Gasteiger partial charge >= 0.3 is 6.18 Å². The van der Waals surface area contributed by atoms with Crippen molar-refractivity contribution < 1.29 is 21.6 Å². The van der Waals surface area contributed by atoms with E-state index in [9.17, 15) is 21.6 Å². The van der Waals surface area contributed by atoms with Crippen LogP contribution in [-0.4, -0.2) is 20.5 Å². The van der Waals surface area contributed by atoms with Crippen molar-refractivity contribution in [2.24, 2.45) is 5.73 Å². The first-order chi connectivity index (χ1) is 8.84. The van der Waals surface area contributed by atoms with Crippen LogP contribution in [0.5, 0.6) is 0 Å². The van der Waals surface area contributed by atoms with Gasteiger partial charge < -0.3 is 5.73 Å². The fourth-order valence-corrected chi connectivity index (χ4v) is 3.06. The molecule has 0 heterocycles. The molecule has 0 saturated heterocycles. The molecule has 0 fully saturated rings. The van der Waals surface area contributed by atoms with Crippen molar-refractivity contribution in [1.82, 2.24) is 4.72 Å². The summed E-state index contributed by atoms with van der Waals surface area (Å²) in [6.07, 6.45) is -4.59. The molecule has 1 rings (SSSR count). The van der Waals surface area contributed by atoms with E-state index in [1.807, 2.05) is 0 Å². The van der Waals surface area contributed by atoms with Gasteiger partial charge in [0.2, 0.25) is 10.0 Å². The van der Waals surface area contributed by atoms with E-state index in [2.05, 4.69) is 4.72 Å². The zero-order chi connectivity index (χ0) is 15.8. The van der Waals surface area contributed by atoms with Gasteiger partial charge in [0.25, 0.3) is 0 Å². The average Bonchev–Trinajstić information content (AvgIpc) is 2.24. The summed E-state index contributed by atoms with van der Waals surface area (Å²) in [5.41, 5.74) is 3.55. The standard InChI is InChI=1S/C12H17F3N2O2S/c1-8-9(12(13,14)15)5-4-6-10(8)20(18,19)17-7-11(2,3)16/h4-6,17H,7,16H2,1-3H3. The van der Waals surface area contributed by atoms with E-state index in [-0.39, 0.29) is 12.1 Å². The molecule has 0 aliphatic carbocycles. The maximum Gasteiger partial charge on any atom is 0.416 e. The summed E-state index contributed by atoms with van der Waals surface area (Å²) in [4.78, 5) is -0.392. The molecule has 114 valence electrons. The largest absolute Gasteiger partial charge is 0.416 e. The van der Waals surface area contributed by atoms with Crippen molar-refractivity contribution in [1.29, 1.82) is 0 Å². The highest BCUT2D eigenvalue weighted by atomic mass is 32.2. The number of nitrogens with two attached hydrogens (primary N) is 1. The molecule has 8 heteroatoms. The van der Waals surface area contributed by atoms with Crippen LogP contribution in [0.25, 0.3) is 0 Å². The van der Waals surface area contributed by atoms with Gasteiger partial charge in [-0.15, -0.1) is 0 Å². The van der Waals surface area contributed by atoms with Gasteiger partial charge in [-0.2, -0.15) is 13.2 Å².